The Labute approximate surface area is 142 Å². The molecule has 0 spiro atoms. The Bertz CT molecular complexity index is 599. The normalized spacial score (nSPS) is 13.6. The highest BCUT2D eigenvalue weighted by Crippen LogP contribution is 2.44. The summed E-state index contributed by atoms with van der Waals surface area (Å²) in [6.07, 6.45) is 0. The average molecular weight is 414 g/mol. The Hall–Kier alpha value is -1.00. The molecule has 0 fully saturated rings. The van der Waals surface area contributed by atoms with E-state index in [9.17, 15) is 0 Å². The second-order valence-corrected chi connectivity index (χ2v) is 6.67. The molecule has 0 radical (unpaired) electrons. The monoisotopic (exact) mass is 412 g/mol. The van der Waals surface area contributed by atoms with Gasteiger partial charge in [0, 0.05) is 10.4 Å². The van der Waals surface area contributed by atoms with Crippen molar-refractivity contribution in [2.75, 3.05) is 14.2 Å². The lowest BCUT2D eigenvalue weighted by atomic mass is 9.93. The second-order valence-electron chi connectivity index (χ2n) is 4.83. The molecule has 0 saturated carbocycles. The van der Waals surface area contributed by atoms with E-state index >= 15 is 0 Å². The molecule has 2 aromatic rings. The molecule has 112 valence electrons. The van der Waals surface area contributed by atoms with Crippen LogP contribution in [0.3, 0.4) is 0 Å². The highest BCUT2D eigenvalue weighted by molar-refractivity contribution is 9.10. The summed E-state index contributed by atoms with van der Waals surface area (Å²) in [6.45, 7) is 2.20. The Kier molecular flexibility index (Phi) is 5.71. The minimum Gasteiger partial charge on any atom is -0.496 e. The molecule has 4 heteroatoms. The van der Waals surface area contributed by atoms with Gasteiger partial charge in [-0.3, -0.25) is 0 Å². The Morgan fingerprint density at radius 2 is 1.57 bits per heavy atom. The maximum absolute atomic E-state index is 5.52. The lowest BCUT2D eigenvalue weighted by Crippen LogP contribution is -2.05. The first-order valence-corrected chi connectivity index (χ1v) is 8.39. The van der Waals surface area contributed by atoms with Crippen LogP contribution in [0.25, 0.3) is 0 Å². The van der Waals surface area contributed by atoms with Crippen molar-refractivity contribution in [2.45, 2.75) is 17.7 Å². The summed E-state index contributed by atoms with van der Waals surface area (Å²) < 4.78 is 11.8. The summed E-state index contributed by atoms with van der Waals surface area (Å²) >= 11 is 7.31. The van der Waals surface area contributed by atoms with E-state index in [1.165, 1.54) is 5.56 Å². The fourth-order valence-electron chi connectivity index (χ4n) is 2.29. The van der Waals surface area contributed by atoms with E-state index in [1.807, 2.05) is 18.2 Å². The first-order valence-electron chi connectivity index (χ1n) is 6.69. The van der Waals surface area contributed by atoms with E-state index < -0.39 is 0 Å². The molecule has 2 unspecified atom stereocenters. The number of halogens is 2. The van der Waals surface area contributed by atoms with Gasteiger partial charge in [0.25, 0.3) is 0 Å². The number of ether oxygens (including phenoxy) is 2. The van der Waals surface area contributed by atoms with Crippen molar-refractivity contribution < 1.29 is 9.47 Å². The summed E-state index contributed by atoms with van der Waals surface area (Å²) in [5.41, 5.74) is 2.36. The Morgan fingerprint density at radius 3 is 2.14 bits per heavy atom. The molecule has 2 aromatic carbocycles. The molecular formula is C17H18Br2O2. The minimum absolute atomic E-state index is 0.136. The van der Waals surface area contributed by atoms with Crippen LogP contribution in [-0.4, -0.2) is 14.2 Å². The predicted octanol–water partition coefficient (Wildman–Crippen LogP) is 5.71. The van der Waals surface area contributed by atoms with Crippen molar-refractivity contribution in [3.05, 3.63) is 58.1 Å². The van der Waals surface area contributed by atoms with Crippen LogP contribution in [0, 0.1) is 0 Å². The molecule has 0 aliphatic heterocycles. The first-order chi connectivity index (χ1) is 10.1. The van der Waals surface area contributed by atoms with Crippen LogP contribution in [-0.2, 0) is 0 Å². The van der Waals surface area contributed by atoms with Crippen LogP contribution >= 0.6 is 31.9 Å². The predicted molar refractivity (Wildman–Crippen MR) is 93.8 cm³/mol. The molecule has 0 aromatic heterocycles. The third-order valence-electron chi connectivity index (χ3n) is 3.57. The highest BCUT2D eigenvalue weighted by Gasteiger charge is 2.23. The summed E-state index contributed by atoms with van der Waals surface area (Å²) in [7, 11) is 3.35. The van der Waals surface area contributed by atoms with Crippen LogP contribution in [0.2, 0.25) is 0 Å². The standard InChI is InChI=1S/C17H18Br2O2/c1-11(12-7-5-4-6-8-12)17(19)13-9-16(21-3)14(18)10-15(13)20-2/h4-11,17H,1-3H3. The third kappa shape index (κ3) is 3.61. The van der Waals surface area contributed by atoms with E-state index in [4.69, 9.17) is 9.47 Å². The van der Waals surface area contributed by atoms with E-state index in [0.29, 0.717) is 5.92 Å². The first kappa shape index (κ1) is 16.4. The maximum atomic E-state index is 5.52. The number of alkyl halides is 1. The molecule has 0 saturated heterocycles. The molecular weight excluding hydrogens is 396 g/mol. The molecule has 0 N–H and O–H groups in total. The van der Waals surface area contributed by atoms with Crippen LogP contribution in [0.5, 0.6) is 11.5 Å². The largest absolute Gasteiger partial charge is 0.496 e. The van der Waals surface area contributed by atoms with Gasteiger partial charge in [0.2, 0.25) is 0 Å². The van der Waals surface area contributed by atoms with Gasteiger partial charge < -0.3 is 9.47 Å². The lowest BCUT2D eigenvalue weighted by Gasteiger charge is -2.22. The van der Waals surface area contributed by atoms with Crippen molar-refractivity contribution in [1.29, 1.82) is 0 Å². The lowest BCUT2D eigenvalue weighted by molar-refractivity contribution is 0.395. The van der Waals surface area contributed by atoms with Gasteiger partial charge in [-0.05, 0) is 39.5 Å². The molecule has 0 bridgehead atoms. The zero-order chi connectivity index (χ0) is 15.4. The van der Waals surface area contributed by atoms with Crippen molar-refractivity contribution in [3.63, 3.8) is 0 Å². The van der Waals surface area contributed by atoms with Gasteiger partial charge in [0.15, 0.2) is 0 Å². The molecule has 0 amide bonds. The summed E-state index contributed by atoms with van der Waals surface area (Å²) in [5.74, 6) is 1.95. The molecule has 21 heavy (non-hydrogen) atoms. The van der Waals surface area contributed by atoms with E-state index in [1.54, 1.807) is 14.2 Å². The number of rotatable bonds is 5. The SMILES string of the molecule is COc1cc(C(Br)C(C)c2ccccc2)c(OC)cc1Br. The number of benzene rings is 2. The summed E-state index contributed by atoms with van der Waals surface area (Å²) in [6, 6.07) is 14.4. The van der Waals surface area contributed by atoms with Gasteiger partial charge in [-0.25, -0.2) is 0 Å². The average Bonchev–Trinajstić information content (AvgIpc) is 2.54. The van der Waals surface area contributed by atoms with E-state index in [-0.39, 0.29) is 4.83 Å². The van der Waals surface area contributed by atoms with Crippen LogP contribution < -0.4 is 9.47 Å². The zero-order valence-corrected chi connectivity index (χ0v) is 15.4. The third-order valence-corrected chi connectivity index (χ3v) is 5.47. The van der Waals surface area contributed by atoms with E-state index in [0.717, 1.165) is 21.5 Å². The minimum atomic E-state index is 0.136. The summed E-state index contributed by atoms with van der Waals surface area (Å²) in [5, 5.41) is 0. The fourth-order valence-corrected chi connectivity index (χ4v) is 3.44. The molecule has 0 heterocycles. The van der Waals surface area contributed by atoms with Crippen LogP contribution in [0.15, 0.2) is 46.9 Å². The van der Waals surface area contributed by atoms with Crippen LogP contribution in [0.1, 0.15) is 28.8 Å². The van der Waals surface area contributed by atoms with Gasteiger partial charge in [-0.15, -0.1) is 0 Å². The quantitative estimate of drug-likeness (QED) is 0.584. The second kappa shape index (κ2) is 7.32. The summed E-state index contributed by atoms with van der Waals surface area (Å²) in [4.78, 5) is 0.136. The van der Waals surface area contributed by atoms with Crippen molar-refractivity contribution in [1.82, 2.24) is 0 Å². The van der Waals surface area contributed by atoms with Gasteiger partial charge in [0.1, 0.15) is 11.5 Å². The van der Waals surface area contributed by atoms with Gasteiger partial charge in [-0.1, -0.05) is 53.2 Å². The van der Waals surface area contributed by atoms with Crippen molar-refractivity contribution >= 4 is 31.9 Å². The zero-order valence-electron chi connectivity index (χ0n) is 12.3. The van der Waals surface area contributed by atoms with Gasteiger partial charge in [-0.2, -0.15) is 0 Å². The number of hydrogen-bond donors (Lipinski definition) is 0. The van der Waals surface area contributed by atoms with E-state index in [2.05, 4.69) is 63.0 Å². The number of hydrogen-bond acceptors (Lipinski definition) is 2. The molecule has 2 atom stereocenters. The Balaban J connectivity index is 2.40. The topological polar surface area (TPSA) is 18.5 Å². The number of methoxy groups -OCH3 is 2. The van der Waals surface area contributed by atoms with Crippen LogP contribution in [0.4, 0.5) is 0 Å². The van der Waals surface area contributed by atoms with Gasteiger partial charge in [0.05, 0.1) is 18.7 Å². The highest BCUT2D eigenvalue weighted by atomic mass is 79.9. The molecule has 2 nitrogen and oxygen atoms in total. The molecule has 0 aliphatic rings. The molecule has 2 rings (SSSR count). The Morgan fingerprint density at radius 1 is 0.952 bits per heavy atom. The maximum Gasteiger partial charge on any atom is 0.133 e. The van der Waals surface area contributed by atoms with Gasteiger partial charge >= 0.3 is 0 Å². The van der Waals surface area contributed by atoms with Crippen molar-refractivity contribution in [2.24, 2.45) is 0 Å². The fraction of sp³-hybridized carbons (Fsp3) is 0.294. The van der Waals surface area contributed by atoms with Crippen molar-refractivity contribution in [3.8, 4) is 11.5 Å². The molecule has 0 aliphatic carbocycles. The smallest absolute Gasteiger partial charge is 0.133 e.